The van der Waals surface area contributed by atoms with Crippen molar-refractivity contribution in [2.45, 2.75) is 30.6 Å². The molecule has 2 aromatic carbocycles. The number of fused-ring (bicyclic) bond motifs is 1. The monoisotopic (exact) mass is 585 g/mol. The molecule has 0 fully saturated rings. The largest absolute Gasteiger partial charge is 0.480 e. The van der Waals surface area contributed by atoms with E-state index in [1.165, 1.54) is 48.7 Å². The Hall–Kier alpha value is -5.54. The number of halogens is 3. The van der Waals surface area contributed by atoms with Crippen LogP contribution in [0.1, 0.15) is 28.0 Å². The molecule has 0 radical (unpaired) electrons. The molecule has 2 atom stereocenters. The molecule has 0 saturated heterocycles. The zero-order chi connectivity index (χ0) is 30.7. The number of carbonyl (C=O) groups excluding carboxylic acids is 1. The smallest absolute Gasteiger partial charge is 0.409 e. The Kier molecular flexibility index (Phi) is 8.08. The van der Waals surface area contributed by atoms with E-state index in [0.29, 0.717) is 11.4 Å². The Morgan fingerprint density at radius 3 is 2.26 bits per heavy atom. The number of aromatic nitrogens is 4. The van der Waals surface area contributed by atoms with Gasteiger partial charge in [-0.1, -0.05) is 30.3 Å². The van der Waals surface area contributed by atoms with Crippen LogP contribution in [0.3, 0.4) is 0 Å². The third-order valence-corrected chi connectivity index (χ3v) is 6.34. The first-order valence-corrected chi connectivity index (χ1v) is 12.1. The molecule has 218 valence electrons. The SMILES string of the molecule is Nc1nc2ncc(CNc3ccc(C(=O)N[C@@H](CC(C(=O)O)(c4ccccc4)C(F)(F)F)C(=O)O)cc3)nc2c(=O)[nH]1. The van der Waals surface area contributed by atoms with Gasteiger partial charge in [-0.2, -0.15) is 18.2 Å². The molecule has 0 aliphatic carbocycles. The number of carbonyl (C=O) groups is 3. The lowest BCUT2D eigenvalue weighted by Crippen LogP contribution is -2.55. The molecule has 0 aliphatic heterocycles. The minimum absolute atomic E-state index is 0.0202. The molecule has 4 rings (SSSR count). The molecule has 1 amide bonds. The Balaban J connectivity index is 1.48. The summed E-state index contributed by atoms with van der Waals surface area (Å²) in [5, 5.41) is 24.3. The number of nitrogen functional groups attached to an aromatic ring is 1. The summed E-state index contributed by atoms with van der Waals surface area (Å²) < 4.78 is 42.7. The number of amides is 1. The number of carboxylic acid groups (broad SMARTS) is 2. The van der Waals surface area contributed by atoms with Crippen LogP contribution in [0.15, 0.2) is 65.6 Å². The number of rotatable bonds is 10. The topological polar surface area (TPSA) is 213 Å². The highest BCUT2D eigenvalue weighted by Gasteiger charge is 2.63. The molecular formula is C26H22F3N7O6. The summed E-state index contributed by atoms with van der Waals surface area (Å²) in [6.45, 7) is 0.105. The molecule has 0 aliphatic rings. The van der Waals surface area contributed by atoms with Crippen LogP contribution >= 0.6 is 0 Å². The second kappa shape index (κ2) is 11.5. The zero-order valence-electron chi connectivity index (χ0n) is 21.3. The predicted molar refractivity (Wildman–Crippen MR) is 141 cm³/mol. The summed E-state index contributed by atoms with van der Waals surface area (Å²) in [7, 11) is 0. The number of hydrogen-bond donors (Lipinski definition) is 6. The number of nitrogens with two attached hydrogens (primary N) is 1. The van der Waals surface area contributed by atoms with Crippen LogP contribution in [-0.2, 0) is 21.5 Å². The Morgan fingerprint density at radius 1 is 1.00 bits per heavy atom. The molecule has 0 saturated carbocycles. The highest BCUT2D eigenvalue weighted by molar-refractivity contribution is 5.97. The van der Waals surface area contributed by atoms with Gasteiger partial charge in [0.2, 0.25) is 5.95 Å². The first kappa shape index (κ1) is 29.4. The van der Waals surface area contributed by atoms with Crippen molar-refractivity contribution in [3.05, 3.63) is 88.0 Å². The van der Waals surface area contributed by atoms with Gasteiger partial charge in [0.25, 0.3) is 11.5 Å². The molecule has 16 heteroatoms. The maximum atomic E-state index is 14.2. The fourth-order valence-corrected chi connectivity index (χ4v) is 4.19. The third-order valence-electron chi connectivity index (χ3n) is 6.34. The first-order chi connectivity index (χ1) is 19.8. The lowest BCUT2D eigenvalue weighted by atomic mass is 9.74. The van der Waals surface area contributed by atoms with Gasteiger partial charge in [-0.3, -0.25) is 19.4 Å². The first-order valence-electron chi connectivity index (χ1n) is 12.1. The second-order valence-corrected chi connectivity index (χ2v) is 9.06. The molecule has 0 spiro atoms. The Morgan fingerprint density at radius 2 is 1.67 bits per heavy atom. The van der Waals surface area contributed by atoms with Crippen LogP contribution in [0.4, 0.5) is 24.8 Å². The van der Waals surface area contributed by atoms with Gasteiger partial charge in [-0.25, -0.2) is 14.8 Å². The van der Waals surface area contributed by atoms with Gasteiger partial charge < -0.3 is 26.6 Å². The molecule has 13 nitrogen and oxygen atoms in total. The number of nitrogens with one attached hydrogen (secondary N) is 3. The van der Waals surface area contributed by atoms with Crippen LogP contribution in [-0.4, -0.2) is 60.2 Å². The number of anilines is 2. The normalized spacial score (nSPS) is 13.6. The van der Waals surface area contributed by atoms with Crippen LogP contribution in [0, 0.1) is 0 Å². The van der Waals surface area contributed by atoms with Crippen LogP contribution in [0.5, 0.6) is 0 Å². The van der Waals surface area contributed by atoms with Crippen LogP contribution < -0.4 is 21.9 Å². The zero-order valence-corrected chi connectivity index (χ0v) is 21.3. The van der Waals surface area contributed by atoms with E-state index in [1.54, 1.807) is 0 Å². The summed E-state index contributed by atoms with van der Waals surface area (Å²) in [5.41, 5.74) is 1.42. The number of carboxylic acids is 2. The van der Waals surface area contributed by atoms with E-state index in [4.69, 9.17) is 5.73 Å². The number of aromatic amines is 1. The summed E-state index contributed by atoms with van der Waals surface area (Å²) in [6, 6.07) is 8.89. The van der Waals surface area contributed by atoms with Gasteiger partial charge in [0.1, 0.15) is 6.04 Å². The minimum Gasteiger partial charge on any atom is -0.480 e. The van der Waals surface area contributed by atoms with Crippen molar-refractivity contribution in [1.29, 1.82) is 0 Å². The van der Waals surface area contributed by atoms with Crippen molar-refractivity contribution in [1.82, 2.24) is 25.3 Å². The molecule has 2 heterocycles. The Bertz CT molecular complexity index is 1700. The maximum Gasteiger partial charge on any atom is 0.409 e. The highest BCUT2D eigenvalue weighted by Crippen LogP contribution is 2.45. The van der Waals surface area contributed by atoms with E-state index in [1.807, 2.05) is 5.32 Å². The van der Waals surface area contributed by atoms with E-state index in [2.05, 4.69) is 25.3 Å². The van der Waals surface area contributed by atoms with Crippen LogP contribution in [0.2, 0.25) is 0 Å². The average Bonchev–Trinajstić information content (AvgIpc) is 2.93. The van der Waals surface area contributed by atoms with E-state index >= 15 is 0 Å². The summed E-state index contributed by atoms with van der Waals surface area (Å²) in [5.74, 6) is -5.29. The maximum absolute atomic E-state index is 14.2. The quantitative estimate of drug-likeness (QED) is 0.158. The molecule has 7 N–H and O–H groups in total. The second-order valence-electron chi connectivity index (χ2n) is 9.06. The Labute approximate surface area is 233 Å². The summed E-state index contributed by atoms with van der Waals surface area (Å²) in [4.78, 5) is 63.1. The highest BCUT2D eigenvalue weighted by atomic mass is 19.4. The standard InChI is InChI=1S/C26H22F3N7O6/c27-26(28,29)25(23(41)42,14-4-2-1-3-5-14)10-17(22(39)40)34-20(37)13-6-8-15(9-7-13)31-11-16-12-32-19-18(33-16)21(38)36-24(30)35-19/h1-9,12,17,31H,10-11H2,(H,34,37)(H,39,40)(H,41,42)(H3,30,32,35,36,38)/t17-,25?/m0/s1. The van der Waals surface area contributed by atoms with Crippen molar-refractivity contribution >= 4 is 40.6 Å². The number of aliphatic carboxylic acids is 2. The number of alkyl halides is 3. The molecule has 2 aromatic heterocycles. The lowest BCUT2D eigenvalue weighted by molar-refractivity contribution is -0.208. The van der Waals surface area contributed by atoms with Gasteiger partial charge in [-0.15, -0.1) is 0 Å². The van der Waals surface area contributed by atoms with Gasteiger partial charge in [0.15, 0.2) is 16.6 Å². The molecular weight excluding hydrogens is 563 g/mol. The molecule has 4 aromatic rings. The van der Waals surface area contributed by atoms with Gasteiger partial charge in [0.05, 0.1) is 18.4 Å². The fourth-order valence-electron chi connectivity index (χ4n) is 4.19. The number of benzene rings is 2. The van der Waals surface area contributed by atoms with E-state index < -0.39 is 53.0 Å². The van der Waals surface area contributed by atoms with Crippen LogP contribution in [0.25, 0.3) is 11.2 Å². The van der Waals surface area contributed by atoms with Crippen molar-refractivity contribution in [3.63, 3.8) is 0 Å². The minimum atomic E-state index is -5.39. The van der Waals surface area contributed by atoms with Crippen molar-refractivity contribution in [2.24, 2.45) is 0 Å². The number of H-pyrrole nitrogens is 1. The summed E-state index contributed by atoms with van der Waals surface area (Å²) >= 11 is 0. The van der Waals surface area contributed by atoms with Crippen molar-refractivity contribution < 1.29 is 37.8 Å². The van der Waals surface area contributed by atoms with Crippen molar-refractivity contribution in [2.75, 3.05) is 11.1 Å². The lowest BCUT2D eigenvalue weighted by Gasteiger charge is -2.34. The van der Waals surface area contributed by atoms with Crippen molar-refractivity contribution in [3.8, 4) is 0 Å². The molecule has 1 unspecified atom stereocenters. The van der Waals surface area contributed by atoms with Gasteiger partial charge >= 0.3 is 18.1 Å². The molecule has 0 bridgehead atoms. The number of hydrogen-bond acceptors (Lipinski definition) is 9. The third kappa shape index (κ3) is 5.96. The van der Waals surface area contributed by atoms with E-state index in [9.17, 15) is 42.6 Å². The number of nitrogens with zero attached hydrogens (tertiary/aromatic N) is 3. The van der Waals surface area contributed by atoms with E-state index in [-0.39, 0.29) is 29.2 Å². The predicted octanol–water partition coefficient (Wildman–Crippen LogP) is 2.07. The van der Waals surface area contributed by atoms with Gasteiger partial charge in [0, 0.05) is 17.7 Å². The van der Waals surface area contributed by atoms with Gasteiger partial charge in [-0.05, 0) is 29.8 Å². The average molecular weight is 585 g/mol. The summed E-state index contributed by atoms with van der Waals surface area (Å²) in [6.07, 6.45) is -5.50. The fraction of sp³-hybridized carbons (Fsp3) is 0.192. The molecule has 42 heavy (non-hydrogen) atoms. The van der Waals surface area contributed by atoms with E-state index in [0.717, 1.165) is 12.1 Å².